The second-order valence-corrected chi connectivity index (χ2v) is 5.08. The summed E-state index contributed by atoms with van der Waals surface area (Å²) < 4.78 is 7.60. The van der Waals surface area contributed by atoms with Crippen LogP contribution in [0.1, 0.15) is 11.3 Å². The van der Waals surface area contributed by atoms with Crippen molar-refractivity contribution < 1.29 is 4.74 Å². The SMILES string of the molecule is COc1ccc(C)cc1-c1nc2ccccn2c1CCN. The van der Waals surface area contributed by atoms with Crippen LogP contribution in [0.5, 0.6) is 5.75 Å². The van der Waals surface area contributed by atoms with Crippen molar-refractivity contribution in [2.75, 3.05) is 13.7 Å². The van der Waals surface area contributed by atoms with Crippen molar-refractivity contribution in [1.29, 1.82) is 0 Å². The number of aromatic nitrogens is 2. The zero-order chi connectivity index (χ0) is 14.8. The highest BCUT2D eigenvalue weighted by Gasteiger charge is 2.16. The van der Waals surface area contributed by atoms with Crippen molar-refractivity contribution in [3.8, 4) is 17.0 Å². The van der Waals surface area contributed by atoms with Crippen LogP contribution in [0.25, 0.3) is 16.9 Å². The van der Waals surface area contributed by atoms with E-state index in [9.17, 15) is 0 Å². The van der Waals surface area contributed by atoms with Gasteiger partial charge in [-0.2, -0.15) is 0 Å². The minimum atomic E-state index is 0.587. The largest absolute Gasteiger partial charge is 0.496 e. The molecular weight excluding hydrogens is 262 g/mol. The summed E-state index contributed by atoms with van der Waals surface area (Å²) in [7, 11) is 1.69. The summed E-state index contributed by atoms with van der Waals surface area (Å²) in [5.74, 6) is 0.835. The number of ether oxygens (including phenoxy) is 1. The summed E-state index contributed by atoms with van der Waals surface area (Å²) >= 11 is 0. The van der Waals surface area contributed by atoms with Gasteiger partial charge in [-0.3, -0.25) is 0 Å². The van der Waals surface area contributed by atoms with Crippen LogP contribution >= 0.6 is 0 Å². The molecule has 0 saturated heterocycles. The summed E-state index contributed by atoms with van der Waals surface area (Å²) in [6.07, 6.45) is 2.80. The first kappa shape index (κ1) is 13.6. The molecule has 2 aromatic heterocycles. The Hall–Kier alpha value is -2.33. The highest BCUT2D eigenvalue weighted by molar-refractivity contribution is 5.73. The van der Waals surface area contributed by atoms with Gasteiger partial charge < -0.3 is 14.9 Å². The third-order valence-corrected chi connectivity index (χ3v) is 3.62. The van der Waals surface area contributed by atoms with Crippen LogP contribution in [0.15, 0.2) is 42.6 Å². The van der Waals surface area contributed by atoms with Gasteiger partial charge in [0.25, 0.3) is 0 Å². The Kier molecular flexibility index (Phi) is 3.62. The molecule has 0 spiro atoms. The molecule has 2 N–H and O–H groups in total. The van der Waals surface area contributed by atoms with Crippen LogP contribution in [0.2, 0.25) is 0 Å². The van der Waals surface area contributed by atoms with E-state index >= 15 is 0 Å². The summed E-state index contributed by atoms with van der Waals surface area (Å²) in [6, 6.07) is 12.1. The fourth-order valence-corrected chi connectivity index (χ4v) is 2.64. The van der Waals surface area contributed by atoms with Gasteiger partial charge in [-0.15, -0.1) is 0 Å². The molecule has 2 heterocycles. The third-order valence-electron chi connectivity index (χ3n) is 3.62. The lowest BCUT2D eigenvalue weighted by molar-refractivity contribution is 0.416. The highest BCUT2D eigenvalue weighted by atomic mass is 16.5. The Morgan fingerprint density at radius 3 is 2.86 bits per heavy atom. The van der Waals surface area contributed by atoms with Crippen LogP contribution in [0.3, 0.4) is 0 Å². The van der Waals surface area contributed by atoms with Gasteiger partial charge in [-0.1, -0.05) is 17.7 Å². The molecular formula is C17H19N3O. The van der Waals surface area contributed by atoms with Crippen molar-refractivity contribution in [3.05, 3.63) is 53.9 Å². The molecule has 0 fully saturated rings. The quantitative estimate of drug-likeness (QED) is 0.800. The molecule has 3 rings (SSSR count). The van der Waals surface area contributed by atoms with Gasteiger partial charge in [-0.05, 0) is 37.7 Å². The molecule has 108 valence electrons. The summed E-state index contributed by atoms with van der Waals surface area (Å²) in [5, 5.41) is 0. The van der Waals surface area contributed by atoms with Crippen LogP contribution < -0.4 is 10.5 Å². The highest BCUT2D eigenvalue weighted by Crippen LogP contribution is 2.33. The van der Waals surface area contributed by atoms with Crippen molar-refractivity contribution in [2.45, 2.75) is 13.3 Å². The monoisotopic (exact) mass is 281 g/mol. The van der Waals surface area contributed by atoms with Crippen LogP contribution in [0.4, 0.5) is 0 Å². The average molecular weight is 281 g/mol. The number of imidazole rings is 1. The number of benzene rings is 1. The average Bonchev–Trinajstić information content (AvgIpc) is 2.86. The van der Waals surface area contributed by atoms with E-state index in [4.69, 9.17) is 15.5 Å². The molecule has 0 aliphatic carbocycles. The number of nitrogens with two attached hydrogens (primary N) is 1. The molecule has 4 heteroatoms. The van der Waals surface area contributed by atoms with E-state index in [0.717, 1.165) is 34.8 Å². The van der Waals surface area contributed by atoms with E-state index in [2.05, 4.69) is 17.4 Å². The number of nitrogens with zero attached hydrogens (tertiary/aromatic N) is 2. The Morgan fingerprint density at radius 1 is 1.24 bits per heavy atom. The second kappa shape index (κ2) is 5.58. The predicted molar refractivity (Wildman–Crippen MR) is 84.7 cm³/mol. The minimum absolute atomic E-state index is 0.587. The molecule has 0 aliphatic rings. The standard InChI is InChI=1S/C17H19N3O/c1-12-6-7-15(21-2)13(11-12)17-14(8-9-18)20-10-4-3-5-16(20)19-17/h3-7,10-11H,8-9,18H2,1-2H3. The van der Waals surface area contributed by atoms with Gasteiger partial charge in [0.15, 0.2) is 0 Å². The normalized spacial score (nSPS) is 11.0. The fraction of sp³-hybridized carbons (Fsp3) is 0.235. The fourth-order valence-electron chi connectivity index (χ4n) is 2.64. The van der Waals surface area contributed by atoms with E-state index in [1.54, 1.807) is 7.11 Å². The maximum absolute atomic E-state index is 5.79. The van der Waals surface area contributed by atoms with Crippen molar-refractivity contribution in [1.82, 2.24) is 9.38 Å². The Balaban J connectivity index is 2.29. The first-order valence-electron chi connectivity index (χ1n) is 7.05. The van der Waals surface area contributed by atoms with E-state index in [1.165, 1.54) is 5.56 Å². The first-order chi connectivity index (χ1) is 10.2. The molecule has 0 amide bonds. The molecule has 0 aliphatic heterocycles. The van der Waals surface area contributed by atoms with Gasteiger partial charge in [0.2, 0.25) is 0 Å². The molecule has 0 saturated carbocycles. The second-order valence-electron chi connectivity index (χ2n) is 5.08. The maximum Gasteiger partial charge on any atom is 0.137 e. The van der Waals surface area contributed by atoms with Crippen molar-refractivity contribution in [2.24, 2.45) is 5.73 Å². The van der Waals surface area contributed by atoms with Gasteiger partial charge in [0.05, 0.1) is 18.5 Å². The summed E-state index contributed by atoms with van der Waals surface area (Å²) in [6.45, 7) is 2.66. The van der Waals surface area contributed by atoms with E-state index < -0.39 is 0 Å². The molecule has 0 bridgehead atoms. The molecule has 0 radical (unpaired) electrons. The van der Waals surface area contributed by atoms with Crippen LogP contribution in [-0.2, 0) is 6.42 Å². The Bertz CT molecular complexity index is 777. The molecule has 21 heavy (non-hydrogen) atoms. The molecule has 1 aromatic carbocycles. The molecule has 4 nitrogen and oxygen atoms in total. The molecule has 0 unspecified atom stereocenters. The zero-order valence-electron chi connectivity index (χ0n) is 12.3. The summed E-state index contributed by atoms with van der Waals surface area (Å²) in [5.41, 5.74) is 11.0. The Morgan fingerprint density at radius 2 is 2.10 bits per heavy atom. The predicted octanol–water partition coefficient (Wildman–Crippen LogP) is 2.82. The van der Waals surface area contributed by atoms with E-state index in [1.807, 2.05) is 36.5 Å². The lowest BCUT2D eigenvalue weighted by atomic mass is 10.0. The maximum atomic E-state index is 5.79. The first-order valence-corrected chi connectivity index (χ1v) is 7.05. The molecule has 3 aromatic rings. The van der Waals surface area contributed by atoms with E-state index in [0.29, 0.717) is 6.54 Å². The third kappa shape index (κ3) is 2.38. The van der Waals surface area contributed by atoms with Crippen molar-refractivity contribution >= 4 is 5.65 Å². The van der Waals surface area contributed by atoms with Gasteiger partial charge in [-0.25, -0.2) is 4.98 Å². The lowest BCUT2D eigenvalue weighted by Crippen LogP contribution is -2.06. The van der Waals surface area contributed by atoms with Gasteiger partial charge in [0, 0.05) is 18.2 Å². The number of rotatable bonds is 4. The summed E-state index contributed by atoms with van der Waals surface area (Å²) in [4.78, 5) is 4.78. The number of hydrogen-bond acceptors (Lipinski definition) is 3. The zero-order valence-corrected chi connectivity index (χ0v) is 12.3. The lowest BCUT2D eigenvalue weighted by Gasteiger charge is -2.09. The smallest absolute Gasteiger partial charge is 0.137 e. The number of hydrogen-bond donors (Lipinski definition) is 1. The van der Waals surface area contributed by atoms with Gasteiger partial charge in [0.1, 0.15) is 11.4 Å². The Labute approximate surface area is 124 Å². The van der Waals surface area contributed by atoms with Crippen LogP contribution in [0, 0.1) is 6.92 Å². The minimum Gasteiger partial charge on any atom is -0.496 e. The number of methoxy groups -OCH3 is 1. The van der Waals surface area contributed by atoms with E-state index in [-0.39, 0.29) is 0 Å². The molecule has 0 atom stereocenters. The van der Waals surface area contributed by atoms with Crippen molar-refractivity contribution in [3.63, 3.8) is 0 Å². The topological polar surface area (TPSA) is 52.5 Å². The number of pyridine rings is 1. The number of fused-ring (bicyclic) bond motifs is 1. The number of aryl methyl sites for hydroxylation is 1. The van der Waals surface area contributed by atoms with Gasteiger partial charge >= 0.3 is 0 Å². The van der Waals surface area contributed by atoms with Crippen LogP contribution in [-0.4, -0.2) is 23.0 Å².